The van der Waals surface area contributed by atoms with Crippen LogP contribution in [0.25, 0.3) is 11.2 Å². The standard InChI is InChI=1S/C91H130N12O26S4/c1-51-17-13-12-14-18-52(2)73(122-10)44-66-27-20-58(8)91(121,129-66)80(111)84(113)103-31-16-15-19-69(103)87(118)128-74(45-70(106)53(3)40-57(7)78(110)79(123-11)77(109)56(6)39-51)55(5)42-60-21-29-72(54(4)41-60)124-32-33-126-90(120)127-35-38-131-130-36-30-75(108)95-49-68(98-59(9)104)71(107)43-62(85(114)115)50-133-132-37-34-125-89(119)97-48-65(105)26-28-67(86(116)117)100-83(112)61-22-24-63(25-23-61)94-46-64-47-96-82-76(99-64)81(92)101-88(93)102-82/h12-14,17-18,22-25,40,47,51,53-56,58,60,62,66-69,72-74,78-79,94,110,121H,15-16,19-21,26-39,41-46,48-50H2,1-11H3,(H,95,108)(H,97,119)(H,98,104)(H,100,112)(H,114,115)(H,116,117)(H4,92,93,96,101,102)/b14-12?,17-13+,52-18?,57-40+/t51-,53-,54-,55-,56-,58-,60-,62+,66+,67+,68+,69+,72-,73+,74+,78-,79+,91-/m1/s1. The number of rotatable bonds is 40. The van der Waals surface area contributed by atoms with Crippen molar-refractivity contribution in [1.82, 2.24) is 46.1 Å². The highest BCUT2D eigenvalue weighted by atomic mass is 33.1. The number of carboxylic acid groups (broad SMARTS) is 2. The van der Waals surface area contributed by atoms with Crippen LogP contribution in [0.15, 0.2) is 78.1 Å². The Labute approximate surface area is 790 Å². The Balaban J connectivity index is 0.775. The molecule has 734 valence electrons. The highest BCUT2D eigenvalue weighted by molar-refractivity contribution is 8.77. The number of aromatic nitrogens is 4. The van der Waals surface area contributed by atoms with Crippen LogP contribution in [0.2, 0.25) is 0 Å². The van der Waals surface area contributed by atoms with Crippen molar-refractivity contribution in [3.63, 3.8) is 0 Å². The Kier molecular flexibility index (Phi) is 46.5. The van der Waals surface area contributed by atoms with Crippen molar-refractivity contribution in [2.24, 2.45) is 47.3 Å². The van der Waals surface area contributed by atoms with Gasteiger partial charge in [0, 0.05) is 118 Å². The number of carboxylic acids is 2. The molecule has 0 radical (unpaired) electrons. The third kappa shape index (κ3) is 36.2. The average molecular weight is 1940 g/mol. The smallest absolute Gasteiger partial charge is 0.481 e. The van der Waals surface area contributed by atoms with E-state index in [1.54, 1.807) is 53.0 Å². The van der Waals surface area contributed by atoms with Crippen molar-refractivity contribution in [2.45, 2.75) is 232 Å². The van der Waals surface area contributed by atoms with Gasteiger partial charge in [0.25, 0.3) is 17.6 Å². The number of methoxy groups -OCH3 is 2. The summed E-state index contributed by atoms with van der Waals surface area (Å²) in [4.78, 5) is 203. The number of aliphatic carboxylic acids is 2. The summed E-state index contributed by atoms with van der Waals surface area (Å²) in [5.74, 6) is -14.6. The Morgan fingerprint density at radius 1 is 0.752 bits per heavy atom. The van der Waals surface area contributed by atoms with Gasteiger partial charge in [-0.3, -0.25) is 47.9 Å². The number of nitrogens with two attached hydrogens (primary N) is 2. The molecule has 1 aromatic carbocycles. The van der Waals surface area contributed by atoms with Crippen molar-refractivity contribution in [3.8, 4) is 0 Å². The first-order valence-electron chi connectivity index (χ1n) is 44.8. The van der Waals surface area contributed by atoms with E-state index in [-0.39, 0.29) is 160 Å². The quantitative estimate of drug-likeness (QED) is 0.00632. The number of nitrogens with zero attached hydrogens (tertiary/aromatic N) is 5. The van der Waals surface area contributed by atoms with Gasteiger partial charge in [-0.25, -0.2) is 29.1 Å². The lowest BCUT2D eigenvalue weighted by molar-refractivity contribution is -0.265. The molecule has 38 nitrogen and oxygen atoms in total. The molecule has 5 heterocycles. The van der Waals surface area contributed by atoms with Crippen LogP contribution in [-0.4, -0.2) is 272 Å². The number of piperidine rings is 1. The van der Waals surface area contributed by atoms with Gasteiger partial charge in [-0.2, -0.15) is 9.97 Å². The number of Topliss-reactive ketones (excluding diaryl/α,β-unsaturated/α-hetero) is 5. The Morgan fingerprint density at radius 2 is 1.47 bits per heavy atom. The number of allylic oxidation sites excluding steroid dienone is 6. The van der Waals surface area contributed by atoms with E-state index in [0.29, 0.717) is 86.2 Å². The van der Waals surface area contributed by atoms with Gasteiger partial charge in [0.15, 0.2) is 34.3 Å². The largest absolute Gasteiger partial charge is 0.508 e. The van der Waals surface area contributed by atoms with Gasteiger partial charge in [0.1, 0.15) is 62.0 Å². The van der Waals surface area contributed by atoms with E-state index in [9.17, 15) is 87.5 Å². The fourth-order valence-corrected chi connectivity index (χ4v) is 20.0. The molecule has 0 spiro atoms. The molecule has 2 bridgehead atoms. The fourth-order valence-electron chi connectivity index (χ4n) is 16.0. The predicted molar refractivity (Wildman–Crippen MR) is 501 cm³/mol. The number of hydrogen-bond acceptors (Lipinski definition) is 35. The van der Waals surface area contributed by atoms with Gasteiger partial charge in [-0.15, -0.1) is 0 Å². The number of nitrogens with one attached hydrogen (secondary N) is 5. The van der Waals surface area contributed by atoms with Crippen LogP contribution in [0, 0.1) is 47.3 Å². The van der Waals surface area contributed by atoms with Crippen molar-refractivity contribution in [2.75, 3.05) is 100 Å². The Morgan fingerprint density at radius 3 is 2.17 bits per heavy atom. The second-order valence-corrected chi connectivity index (χ2v) is 39.5. The first-order chi connectivity index (χ1) is 63.3. The maximum absolute atomic E-state index is 14.8. The summed E-state index contributed by atoms with van der Waals surface area (Å²) < 4.78 is 46.0. The first-order valence-corrected chi connectivity index (χ1v) is 49.8. The maximum atomic E-state index is 14.8. The molecule has 133 heavy (non-hydrogen) atoms. The van der Waals surface area contributed by atoms with Crippen molar-refractivity contribution in [3.05, 3.63) is 89.3 Å². The number of cyclic esters (lactones) is 1. The lowest BCUT2D eigenvalue weighted by Gasteiger charge is -2.42. The van der Waals surface area contributed by atoms with E-state index in [0.717, 1.165) is 32.1 Å². The zero-order valence-corrected chi connectivity index (χ0v) is 80.5. The van der Waals surface area contributed by atoms with Gasteiger partial charge in [-0.1, -0.05) is 121 Å². The maximum Gasteiger partial charge on any atom is 0.508 e. The molecule has 3 aliphatic heterocycles. The topological polar surface area (TPSA) is 561 Å². The van der Waals surface area contributed by atoms with Crippen LogP contribution < -0.4 is 38.1 Å². The number of fused-ring (bicyclic) bond motifs is 4. The molecule has 13 N–H and O–H groups in total. The lowest BCUT2D eigenvalue weighted by Crippen LogP contribution is -2.61. The van der Waals surface area contributed by atoms with Gasteiger partial charge in [0.05, 0.1) is 55.8 Å². The highest BCUT2D eigenvalue weighted by Crippen LogP contribution is 2.40. The fraction of sp³-hybridized carbons (Fsp3) is 0.626. The molecule has 1 saturated carbocycles. The molecule has 42 heteroatoms. The number of carbonyl (C=O) groups is 14. The summed E-state index contributed by atoms with van der Waals surface area (Å²) in [5.41, 5.74) is 14.5. The summed E-state index contributed by atoms with van der Waals surface area (Å²) in [7, 11) is 7.79. The lowest BCUT2D eigenvalue weighted by atomic mass is 9.75. The number of ketones is 5. The summed E-state index contributed by atoms with van der Waals surface area (Å²) in [6.45, 7) is 15.0. The zero-order valence-electron chi connectivity index (χ0n) is 77.3. The summed E-state index contributed by atoms with van der Waals surface area (Å²) in [6, 6.07) is 2.23. The van der Waals surface area contributed by atoms with Gasteiger partial charge < -0.3 is 101 Å². The van der Waals surface area contributed by atoms with Crippen molar-refractivity contribution < 1.29 is 125 Å². The van der Waals surface area contributed by atoms with Crippen LogP contribution in [0.1, 0.15) is 181 Å². The van der Waals surface area contributed by atoms with E-state index < -0.39 is 168 Å². The SMILES string of the molecule is CO[C@H]1C[C@@H]2CC[C@@H](C)[C@@](O)(O2)C(=O)C(=O)N2CCCC[C@H]2C(=O)O[C@H]([C@H](C)C[C@@H]2CC[C@@H](OCCOC(=O)OCCSSCCC(=O)NC[C@H](NC(C)=O)C(=O)C[C@@H](CSSCCOC(=O)NCC(=O)CC[C@H](NC(=O)c3ccc(NCc4cnc5nc(N)nc(N)c5n4)cc3)C(=O)O)C(=O)O)[C@H](C)C2)CC(=O)[C@H](C)/C=C(\C)[C@@H](O)[C@@H](OC)C(=O)[C@H](C)C[C@H](C)/C=C/C=CC=C1C. The number of hydrogen-bond donors (Lipinski definition) is 11. The number of anilines is 3. The summed E-state index contributed by atoms with van der Waals surface area (Å²) >= 11 is 0. The minimum absolute atomic E-state index is 0.00783. The minimum Gasteiger partial charge on any atom is -0.481 e. The van der Waals surface area contributed by atoms with Gasteiger partial charge >= 0.3 is 30.2 Å². The molecule has 2 saturated heterocycles. The zero-order chi connectivity index (χ0) is 97.6. The van der Waals surface area contributed by atoms with Crippen LogP contribution in [0.5, 0.6) is 0 Å². The number of esters is 1. The number of nitrogen functional groups attached to an aromatic ring is 2. The third-order valence-corrected chi connectivity index (χ3v) is 28.5. The molecule has 3 fully saturated rings. The van der Waals surface area contributed by atoms with E-state index in [4.69, 9.17) is 49.4 Å². The molecular formula is C91H130N12O26S4. The molecule has 1 aliphatic carbocycles. The average Bonchev–Trinajstić information content (AvgIpc) is 0.768. The van der Waals surface area contributed by atoms with Crippen LogP contribution in [-0.2, 0) is 97.2 Å². The summed E-state index contributed by atoms with van der Waals surface area (Å²) in [6.07, 6.45) is 9.72. The molecule has 3 aromatic rings. The molecule has 2 aromatic heterocycles. The van der Waals surface area contributed by atoms with E-state index >= 15 is 0 Å². The van der Waals surface area contributed by atoms with Crippen LogP contribution >= 0.6 is 43.2 Å². The Bertz CT molecular complexity index is 4610. The number of carbonyl (C=O) groups excluding carboxylic acids is 12. The van der Waals surface area contributed by atoms with Gasteiger partial charge in [-0.05, 0) is 144 Å². The van der Waals surface area contributed by atoms with Crippen molar-refractivity contribution >= 4 is 154 Å². The van der Waals surface area contributed by atoms with Crippen molar-refractivity contribution in [1.29, 1.82) is 0 Å². The second kappa shape index (κ2) is 56.0. The Hall–Kier alpha value is -9.66. The van der Waals surface area contributed by atoms with Gasteiger partial charge in [0.2, 0.25) is 23.5 Å². The monoisotopic (exact) mass is 1930 g/mol. The third-order valence-electron chi connectivity index (χ3n) is 23.7. The van der Waals surface area contributed by atoms with E-state index in [2.05, 4.69) is 53.4 Å². The number of aliphatic hydroxyl groups excluding tert-OH is 1. The molecule has 7 rings (SSSR count). The first kappa shape index (κ1) is 110. The minimum atomic E-state index is -2.50. The summed E-state index contributed by atoms with van der Waals surface area (Å²) in [5, 5.41) is 56.4. The molecule has 5 amide bonds. The van der Waals surface area contributed by atoms with E-state index in [1.807, 2.05) is 51.2 Å². The second-order valence-electron chi connectivity index (χ2n) is 34.2. The number of amides is 5. The molecule has 4 aliphatic rings. The number of ether oxygens (including phenoxy) is 8. The highest BCUT2D eigenvalue weighted by Gasteiger charge is 2.53. The molecular weight excluding hydrogens is 1810 g/mol. The molecule has 18 atom stereocenters. The van der Waals surface area contributed by atoms with Crippen LogP contribution in [0.4, 0.5) is 27.0 Å². The van der Waals surface area contributed by atoms with Crippen LogP contribution in [0.3, 0.4) is 0 Å². The number of aliphatic hydroxyl groups is 2. The number of benzene rings is 1. The molecule has 0 unspecified atom stereocenters. The predicted octanol–water partition coefficient (Wildman–Crippen LogP) is 8.88. The normalized spacial score (nSPS) is 25.4. The van der Waals surface area contributed by atoms with E-state index in [1.165, 1.54) is 54.0 Å². The number of alkyl carbamates (subject to hydrolysis) is 1.